The Morgan fingerprint density at radius 3 is 2.54 bits per heavy atom. The SMILES string of the molecule is CN(CC(=O)Nc1nnc(SCC(=O)c2ccc(Cl)cc2)s1)S(C)(=O)=O. The molecule has 0 saturated heterocycles. The Balaban J connectivity index is 1.86. The van der Waals surface area contributed by atoms with Gasteiger partial charge in [-0.25, -0.2) is 8.42 Å². The van der Waals surface area contributed by atoms with Crippen molar-refractivity contribution in [1.82, 2.24) is 14.5 Å². The molecule has 2 aromatic rings. The summed E-state index contributed by atoms with van der Waals surface area (Å²) in [6.45, 7) is -0.323. The Labute approximate surface area is 164 Å². The highest BCUT2D eigenvalue weighted by Crippen LogP contribution is 2.26. The maximum atomic E-state index is 12.1. The van der Waals surface area contributed by atoms with Gasteiger partial charge in [-0.15, -0.1) is 10.2 Å². The highest BCUT2D eigenvalue weighted by atomic mass is 35.5. The molecule has 1 aromatic heterocycles. The lowest BCUT2D eigenvalue weighted by molar-refractivity contribution is -0.116. The van der Waals surface area contributed by atoms with Crippen LogP contribution in [-0.2, 0) is 14.8 Å². The van der Waals surface area contributed by atoms with Gasteiger partial charge in [0.2, 0.25) is 21.1 Å². The van der Waals surface area contributed by atoms with Gasteiger partial charge in [0.15, 0.2) is 10.1 Å². The molecular formula is C14H15ClN4O4S3. The zero-order valence-electron chi connectivity index (χ0n) is 13.8. The molecule has 0 atom stereocenters. The smallest absolute Gasteiger partial charge is 0.241 e. The molecule has 1 N–H and O–H groups in total. The summed E-state index contributed by atoms with van der Waals surface area (Å²) in [5, 5.41) is 11.0. The number of nitrogens with one attached hydrogen (secondary N) is 1. The number of aromatic nitrogens is 2. The average molecular weight is 435 g/mol. The number of anilines is 1. The van der Waals surface area contributed by atoms with E-state index in [0.717, 1.165) is 21.9 Å². The molecule has 12 heteroatoms. The van der Waals surface area contributed by atoms with Crippen LogP contribution in [0.2, 0.25) is 5.02 Å². The lowest BCUT2D eigenvalue weighted by Crippen LogP contribution is -2.34. The monoisotopic (exact) mass is 434 g/mol. The molecule has 0 aliphatic carbocycles. The standard InChI is InChI=1S/C14H15ClN4O4S3/c1-19(26(2,22)23)7-12(21)16-13-17-18-14(25-13)24-8-11(20)9-3-5-10(15)6-4-9/h3-6H,7-8H2,1-2H3,(H,16,17,21). The summed E-state index contributed by atoms with van der Waals surface area (Å²) < 4.78 is 24.0. The van der Waals surface area contributed by atoms with Crippen LogP contribution in [0, 0.1) is 0 Å². The Bertz CT molecular complexity index is 899. The first-order valence-corrected chi connectivity index (χ1v) is 11.1. The van der Waals surface area contributed by atoms with Crippen LogP contribution in [0.4, 0.5) is 5.13 Å². The quantitative estimate of drug-likeness (QED) is 0.384. The molecule has 140 valence electrons. The highest BCUT2D eigenvalue weighted by Gasteiger charge is 2.17. The van der Waals surface area contributed by atoms with E-state index in [1.54, 1.807) is 24.3 Å². The number of hydrogen-bond acceptors (Lipinski definition) is 8. The normalized spacial score (nSPS) is 11.5. The maximum Gasteiger partial charge on any atom is 0.241 e. The number of carbonyl (C=O) groups excluding carboxylic acids is 2. The summed E-state index contributed by atoms with van der Waals surface area (Å²) in [6.07, 6.45) is 1.01. The van der Waals surface area contributed by atoms with Crippen LogP contribution >= 0.6 is 34.7 Å². The van der Waals surface area contributed by atoms with Crippen LogP contribution in [0.5, 0.6) is 0 Å². The van der Waals surface area contributed by atoms with Gasteiger partial charge in [-0.05, 0) is 24.3 Å². The van der Waals surface area contributed by atoms with Gasteiger partial charge in [-0.1, -0.05) is 34.7 Å². The molecular weight excluding hydrogens is 420 g/mol. The topological polar surface area (TPSA) is 109 Å². The lowest BCUT2D eigenvalue weighted by atomic mass is 10.1. The van der Waals surface area contributed by atoms with Crippen molar-refractivity contribution in [3.8, 4) is 0 Å². The third kappa shape index (κ3) is 6.32. The number of hydrogen-bond donors (Lipinski definition) is 1. The molecule has 2 rings (SSSR count). The highest BCUT2D eigenvalue weighted by molar-refractivity contribution is 8.01. The molecule has 1 aromatic carbocycles. The molecule has 0 aliphatic heterocycles. The molecule has 0 fully saturated rings. The number of benzene rings is 1. The molecule has 0 aliphatic rings. The second kappa shape index (κ2) is 8.91. The molecule has 0 spiro atoms. The molecule has 8 nitrogen and oxygen atoms in total. The Kier molecular flexibility index (Phi) is 7.12. The number of nitrogens with zero attached hydrogens (tertiary/aromatic N) is 3. The molecule has 1 heterocycles. The van der Waals surface area contributed by atoms with E-state index >= 15 is 0 Å². The van der Waals surface area contributed by atoms with Gasteiger partial charge in [-0.2, -0.15) is 4.31 Å². The first-order valence-electron chi connectivity index (χ1n) is 7.11. The van der Waals surface area contributed by atoms with Gasteiger partial charge < -0.3 is 0 Å². The minimum absolute atomic E-state index is 0.0813. The van der Waals surface area contributed by atoms with Crippen LogP contribution in [0.15, 0.2) is 28.6 Å². The van der Waals surface area contributed by atoms with E-state index in [-0.39, 0.29) is 23.2 Å². The minimum Gasteiger partial charge on any atom is -0.299 e. The number of thioether (sulfide) groups is 1. The van der Waals surface area contributed by atoms with Crippen molar-refractivity contribution in [3.63, 3.8) is 0 Å². The number of likely N-dealkylation sites (N-methyl/N-ethyl adjacent to an activating group) is 1. The van der Waals surface area contributed by atoms with E-state index in [9.17, 15) is 18.0 Å². The second-order valence-electron chi connectivity index (χ2n) is 5.16. The molecule has 26 heavy (non-hydrogen) atoms. The first-order chi connectivity index (χ1) is 12.1. The zero-order valence-corrected chi connectivity index (χ0v) is 17.0. The number of rotatable bonds is 8. The molecule has 1 amide bonds. The predicted molar refractivity (Wildman–Crippen MR) is 103 cm³/mol. The van der Waals surface area contributed by atoms with Crippen LogP contribution < -0.4 is 5.32 Å². The minimum atomic E-state index is -3.44. The summed E-state index contributed by atoms with van der Waals surface area (Å²) in [5.41, 5.74) is 0.545. The number of amides is 1. The molecule has 0 radical (unpaired) electrons. The summed E-state index contributed by atoms with van der Waals surface area (Å²) >= 11 is 8.09. The van der Waals surface area contributed by atoms with Crippen molar-refractivity contribution < 1.29 is 18.0 Å². The summed E-state index contributed by atoms with van der Waals surface area (Å²) in [5.74, 6) is -0.439. The maximum absolute atomic E-state index is 12.1. The fourth-order valence-electron chi connectivity index (χ4n) is 1.64. The van der Waals surface area contributed by atoms with Crippen molar-refractivity contribution in [1.29, 1.82) is 0 Å². The number of sulfonamides is 1. The third-order valence-electron chi connectivity index (χ3n) is 3.08. The Hall–Kier alpha value is -1.53. The van der Waals surface area contributed by atoms with Gasteiger partial charge >= 0.3 is 0 Å². The fraction of sp³-hybridized carbons (Fsp3) is 0.286. The summed E-state index contributed by atoms with van der Waals surface area (Å²) in [4.78, 5) is 23.9. The van der Waals surface area contributed by atoms with E-state index in [2.05, 4.69) is 15.5 Å². The number of halogens is 1. The fourth-order valence-corrected chi connectivity index (χ4v) is 3.78. The molecule has 0 unspecified atom stereocenters. The van der Waals surface area contributed by atoms with Gasteiger partial charge in [-0.3, -0.25) is 14.9 Å². The Morgan fingerprint density at radius 2 is 1.92 bits per heavy atom. The molecule has 0 saturated carbocycles. The first kappa shape index (κ1) is 20.8. The molecule has 0 bridgehead atoms. The van der Waals surface area contributed by atoms with E-state index in [4.69, 9.17) is 11.6 Å². The summed E-state index contributed by atoms with van der Waals surface area (Å²) in [7, 11) is -2.14. The summed E-state index contributed by atoms with van der Waals surface area (Å²) in [6, 6.07) is 6.58. The van der Waals surface area contributed by atoms with Crippen LogP contribution in [0.25, 0.3) is 0 Å². The number of Topliss-reactive ketones (excluding diaryl/α,β-unsaturated/α-hetero) is 1. The number of carbonyl (C=O) groups is 2. The van der Waals surface area contributed by atoms with Gasteiger partial charge in [0.1, 0.15) is 0 Å². The van der Waals surface area contributed by atoms with E-state index in [1.165, 1.54) is 18.8 Å². The Morgan fingerprint density at radius 1 is 1.27 bits per heavy atom. The van der Waals surface area contributed by atoms with Gasteiger partial charge in [0.05, 0.1) is 18.6 Å². The van der Waals surface area contributed by atoms with E-state index in [1.807, 2.05) is 0 Å². The van der Waals surface area contributed by atoms with Crippen LogP contribution in [-0.4, -0.2) is 60.2 Å². The zero-order chi connectivity index (χ0) is 19.3. The second-order valence-corrected chi connectivity index (χ2v) is 9.88. The van der Waals surface area contributed by atoms with Crippen LogP contribution in [0.3, 0.4) is 0 Å². The van der Waals surface area contributed by atoms with Crippen molar-refractivity contribution in [2.75, 3.05) is 30.9 Å². The third-order valence-corrected chi connectivity index (χ3v) is 6.56. The van der Waals surface area contributed by atoms with Crippen LogP contribution in [0.1, 0.15) is 10.4 Å². The van der Waals surface area contributed by atoms with Crippen molar-refractivity contribution >= 4 is 61.5 Å². The lowest BCUT2D eigenvalue weighted by Gasteiger charge is -2.12. The van der Waals surface area contributed by atoms with Crippen molar-refractivity contribution in [2.24, 2.45) is 0 Å². The van der Waals surface area contributed by atoms with E-state index < -0.39 is 15.9 Å². The predicted octanol–water partition coefficient (Wildman–Crippen LogP) is 2.00. The average Bonchev–Trinajstić information content (AvgIpc) is 2.99. The van der Waals surface area contributed by atoms with Gasteiger partial charge in [0.25, 0.3) is 0 Å². The number of ketones is 1. The van der Waals surface area contributed by atoms with Crippen molar-refractivity contribution in [3.05, 3.63) is 34.9 Å². The van der Waals surface area contributed by atoms with E-state index in [0.29, 0.717) is 14.9 Å². The van der Waals surface area contributed by atoms with Gasteiger partial charge in [0, 0.05) is 17.6 Å². The van der Waals surface area contributed by atoms with Crippen molar-refractivity contribution in [2.45, 2.75) is 4.34 Å². The largest absolute Gasteiger partial charge is 0.299 e.